The number of methoxy groups -OCH3 is 1. The van der Waals surface area contributed by atoms with Crippen LogP contribution < -0.4 is 10.6 Å². The van der Waals surface area contributed by atoms with Crippen molar-refractivity contribution in [2.45, 2.75) is 24.9 Å². The van der Waals surface area contributed by atoms with Crippen molar-refractivity contribution in [3.05, 3.63) is 47.2 Å². The summed E-state index contributed by atoms with van der Waals surface area (Å²) in [6.07, 6.45) is 3.03. The van der Waals surface area contributed by atoms with Gasteiger partial charge < -0.3 is 15.4 Å². The third-order valence-electron chi connectivity index (χ3n) is 4.81. The lowest BCUT2D eigenvalue weighted by Crippen LogP contribution is -2.58. The minimum absolute atomic E-state index is 0.0276. The maximum absolute atomic E-state index is 13.4. The lowest BCUT2D eigenvalue weighted by molar-refractivity contribution is -0.127. The maximum atomic E-state index is 13.4. The second kappa shape index (κ2) is 9.25. The molecule has 3 rings (SSSR count). The van der Waals surface area contributed by atoms with Crippen molar-refractivity contribution in [2.24, 2.45) is 0 Å². The van der Waals surface area contributed by atoms with Crippen LogP contribution in [0.25, 0.3) is 0 Å². The molecule has 1 aromatic carbocycles. The largest absolute Gasteiger partial charge is 0.383 e. The fourth-order valence-electron chi connectivity index (χ4n) is 3.32. The van der Waals surface area contributed by atoms with E-state index in [-0.39, 0.29) is 11.7 Å². The van der Waals surface area contributed by atoms with Gasteiger partial charge in [-0.25, -0.2) is 9.37 Å². The zero-order valence-corrected chi connectivity index (χ0v) is 16.2. The molecule has 1 saturated heterocycles. The molecule has 0 bridgehead atoms. The van der Waals surface area contributed by atoms with Gasteiger partial charge in [0.1, 0.15) is 11.4 Å². The van der Waals surface area contributed by atoms with Gasteiger partial charge in [-0.15, -0.1) is 11.3 Å². The van der Waals surface area contributed by atoms with Gasteiger partial charge in [0.2, 0.25) is 5.91 Å². The van der Waals surface area contributed by atoms with Crippen molar-refractivity contribution >= 4 is 22.4 Å². The average molecular weight is 393 g/mol. The molecule has 0 spiro atoms. The van der Waals surface area contributed by atoms with Crippen molar-refractivity contribution in [3.8, 4) is 0 Å². The molecule has 1 aliphatic heterocycles. The number of likely N-dealkylation sites (tertiary alicyclic amines) is 1. The summed E-state index contributed by atoms with van der Waals surface area (Å²) in [6.45, 7) is 3.12. The van der Waals surface area contributed by atoms with E-state index >= 15 is 0 Å². The molecule has 2 aromatic rings. The first-order valence-corrected chi connectivity index (χ1v) is 9.91. The van der Waals surface area contributed by atoms with E-state index in [0.717, 1.165) is 23.8 Å². The Hall–Kier alpha value is -2.03. The summed E-state index contributed by atoms with van der Waals surface area (Å²) in [5, 5.41) is 8.96. The zero-order valence-electron chi connectivity index (χ0n) is 15.4. The molecular weight excluding hydrogens is 367 g/mol. The van der Waals surface area contributed by atoms with Gasteiger partial charge in [0, 0.05) is 44.9 Å². The first-order valence-electron chi connectivity index (χ1n) is 9.03. The number of nitrogens with one attached hydrogen (secondary N) is 2. The number of hydrogen-bond acceptors (Lipinski definition) is 6. The number of nitrogens with zero attached hydrogens (tertiary/aromatic N) is 2. The number of carbonyl (C=O) groups excluding carboxylic acids is 1. The van der Waals surface area contributed by atoms with Crippen molar-refractivity contribution in [3.63, 3.8) is 0 Å². The van der Waals surface area contributed by atoms with Crippen molar-refractivity contribution in [1.29, 1.82) is 0 Å². The van der Waals surface area contributed by atoms with E-state index in [0.29, 0.717) is 32.5 Å². The molecule has 1 amide bonds. The maximum Gasteiger partial charge on any atom is 0.245 e. The number of thiazole rings is 1. The highest BCUT2D eigenvalue weighted by atomic mass is 32.1. The number of rotatable bonds is 8. The Morgan fingerprint density at radius 1 is 1.41 bits per heavy atom. The predicted octanol–water partition coefficient (Wildman–Crippen LogP) is 2.49. The summed E-state index contributed by atoms with van der Waals surface area (Å²) < 4.78 is 18.4. The summed E-state index contributed by atoms with van der Waals surface area (Å²) in [5.74, 6) is -0.248. The Bertz CT molecular complexity index is 733. The van der Waals surface area contributed by atoms with Crippen LogP contribution in [0.1, 0.15) is 18.4 Å². The first kappa shape index (κ1) is 19.7. The summed E-state index contributed by atoms with van der Waals surface area (Å²) in [7, 11) is 1.61. The Morgan fingerprint density at radius 3 is 2.89 bits per heavy atom. The molecule has 6 nitrogen and oxygen atoms in total. The third kappa shape index (κ3) is 5.24. The Balaban J connectivity index is 1.65. The van der Waals surface area contributed by atoms with Gasteiger partial charge in [-0.1, -0.05) is 12.1 Å². The third-order valence-corrected chi connectivity index (χ3v) is 5.50. The van der Waals surface area contributed by atoms with Gasteiger partial charge in [0.25, 0.3) is 0 Å². The van der Waals surface area contributed by atoms with Crippen LogP contribution in [0.5, 0.6) is 0 Å². The van der Waals surface area contributed by atoms with E-state index in [2.05, 4.69) is 20.5 Å². The van der Waals surface area contributed by atoms with Crippen molar-refractivity contribution in [2.75, 3.05) is 38.7 Å². The monoisotopic (exact) mass is 392 g/mol. The minimum Gasteiger partial charge on any atom is -0.383 e. The zero-order chi connectivity index (χ0) is 19.1. The van der Waals surface area contributed by atoms with Crippen LogP contribution in [0, 0.1) is 5.82 Å². The number of ether oxygens (including phenoxy) is 1. The number of benzene rings is 1. The molecule has 0 saturated carbocycles. The number of carbonyl (C=O) groups is 1. The van der Waals surface area contributed by atoms with E-state index in [1.54, 1.807) is 25.4 Å². The van der Waals surface area contributed by atoms with Gasteiger partial charge >= 0.3 is 0 Å². The van der Waals surface area contributed by atoms with Crippen LogP contribution in [-0.4, -0.2) is 54.7 Å². The van der Waals surface area contributed by atoms with Crippen LogP contribution in [0.15, 0.2) is 35.8 Å². The SMILES string of the molecule is COCCNC(=O)C1(Nc2nccs2)CCN(Cc2cccc(F)c2)CC1. The summed E-state index contributed by atoms with van der Waals surface area (Å²) >= 11 is 1.48. The molecule has 1 aromatic heterocycles. The number of hydrogen-bond donors (Lipinski definition) is 2. The second-order valence-corrected chi connectivity index (χ2v) is 7.59. The predicted molar refractivity (Wildman–Crippen MR) is 104 cm³/mol. The molecule has 27 heavy (non-hydrogen) atoms. The Labute approximate surface area is 162 Å². The van der Waals surface area contributed by atoms with E-state index in [9.17, 15) is 9.18 Å². The molecule has 2 N–H and O–H groups in total. The smallest absolute Gasteiger partial charge is 0.245 e. The molecule has 2 heterocycles. The number of amides is 1. The van der Waals surface area contributed by atoms with Crippen LogP contribution >= 0.6 is 11.3 Å². The highest BCUT2D eigenvalue weighted by molar-refractivity contribution is 7.13. The highest BCUT2D eigenvalue weighted by Crippen LogP contribution is 2.29. The van der Waals surface area contributed by atoms with Gasteiger partial charge in [-0.05, 0) is 30.5 Å². The van der Waals surface area contributed by atoms with Crippen molar-refractivity contribution in [1.82, 2.24) is 15.2 Å². The van der Waals surface area contributed by atoms with Gasteiger partial charge in [-0.2, -0.15) is 0 Å². The van der Waals surface area contributed by atoms with Crippen LogP contribution in [0.2, 0.25) is 0 Å². The van der Waals surface area contributed by atoms with E-state index < -0.39 is 5.54 Å². The van der Waals surface area contributed by atoms with Gasteiger partial charge in [0.15, 0.2) is 5.13 Å². The molecule has 8 heteroatoms. The molecule has 0 unspecified atom stereocenters. The summed E-state index contributed by atoms with van der Waals surface area (Å²) in [5.41, 5.74) is 0.254. The average Bonchev–Trinajstić information content (AvgIpc) is 3.16. The standard InChI is InChI=1S/C19H25FN4O2S/c1-26-11-7-21-17(25)19(23-18-22-8-12-27-18)5-9-24(10-6-19)14-15-3-2-4-16(20)13-15/h2-4,8,12-13H,5-7,9-11,14H2,1H3,(H,21,25)(H,22,23). The van der Waals surface area contributed by atoms with Crippen molar-refractivity contribution < 1.29 is 13.9 Å². The number of aromatic nitrogens is 1. The molecular formula is C19H25FN4O2S. The molecule has 1 aliphatic rings. The van der Waals surface area contributed by atoms with E-state index in [1.165, 1.54) is 17.4 Å². The number of piperidine rings is 1. The molecule has 0 aliphatic carbocycles. The Morgan fingerprint density at radius 2 is 2.22 bits per heavy atom. The van der Waals surface area contributed by atoms with E-state index in [4.69, 9.17) is 4.74 Å². The molecule has 0 atom stereocenters. The number of anilines is 1. The van der Waals surface area contributed by atoms with Gasteiger partial charge in [-0.3, -0.25) is 9.69 Å². The quantitative estimate of drug-likeness (QED) is 0.676. The molecule has 1 fully saturated rings. The lowest BCUT2D eigenvalue weighted by atomic mass is 9.86. The first-order chi connectivity index (χ1) is 13.1. The fraction of sp³-hybridized carbons (Fsp3) is 0.474. The van der Waals surface area contributed by atoms with E-state index in [1.807, 2.05) is 11.4 Å². The summed E-state index contributed by atoms with van der Waals surface area (Å²) in [6, 6.07) is 6.67. The minimum atomic E-state index is -0.690. The van der Waals surface area contributed by atoms with Crippen LogP contribution in [-0.2, 0) is 16.1 Å². The molecule has 146 valence electrons. The topological polar surface area (TPSA) is 66.5 Å². The fourth-order valence-corrected chi connectivity index (χ4v) is 3.95. The summed E-state index contributed by atoms with van der Waals surface area (Å²) in [4.78, 5) is 19.4. The second-order valence-electron chi connectivity index (χ2n) is 6.70. The number of halogens is 1. The Kier molecular flexibility index (Phi) is 6.76. The highest BCUT2D eigenvalue weighted by Gasteiger charge is 2.41. The van der Waals surface area contributed by atoms with Crippen LogP contribution in [0.3, 0.4) is 0 Å². The normalized spacial score (nSPS) is 16.8. The van der Waals surface area contributed by atoms with Crippen LogP contribution in [0.4, 0.5) is 9.52 Å². The van der Waals surface area contributed by atoms with Gasteiger partial charge in [0.05, 0.1) is 6.61 Å². The lowest BCUT2D eigenvalue weighted by Gasteiger charge is -2.41. The molecule has 0 radical (unpaired) electrons.